The first-order valence-electron chi connectivity index (χ1n) is 12.1. The van der Waals surface area contributed by atoms with Crippen molar-refractivity contribution in [1.29, 1.82) is 0 Å². The Labute approximate surface area is 206 Å². The molecule has 2 heterocycles. The number of nitrogens with zero attached hydrogens (tertiary/aromatic N) is 4. The third-order valence-electron chi connectivity index (χ3n) is 6.20. The summed E-state index contributed by atoms with van der Waals surface area (Å²) in [5.74, 6) is -0.0198. The minimum Gasteiger partial charge on any atom is -0.497 e. The summed E-state index contributed by atoms with van der Waals surface area (Å²) < 4.78 is 12.0. The Balaban J connectivity index is 1.72. The predicted octanol–water partition coefficient (Wildman–Crippen LogP) is 4.50. The van der Waals surface area contributed by atoms with Crippen LogP contribution in [0.25, 0.3) is 5.69 Å². The number of aromatic nitrogens is 2. The number of hydrogen-bond acceptors (Lipinski definition) is 6. The molecule has 0 spiro atoms. The highest BCUT2D eigenvalue weighted by Gasteiger charge is 2.35. The zero-order chi connectivity index (χ0) is 24.9. The minimum atomic E-state index is -0.516. The normalized spacial score (nSPS) is 12.9. The van der Waals surface area contributed by atoms with Crippen molar-refractivity contribution >= 4 is 23.3 Å². The van der Waals surface area contributed by atoms with Gasteiger partial charge in [-0.25, -0.2) is 9.48 Å². The second-order valence-electron chi connectivity index (χ2n) is 8.31. The molecule has 0 unspecified atom stereocenters. The van der Waals surface area contributed by atoms with E-state index < -0.39 is 5.97 Å². The molecule has 0 saturated heterocycles. The first kappa shape index (κ1) is 24.3. The number of hydrogen-bond donors (Lipinski definition) is 0. The zero-order valence-corrected chi connectivity index (χ0v) is 20.8. The van der Waals surface area contributed by atoms with E-state index in [9.17, 15) is 9.59 Å². The van der Waals surface area contributed by atoms with Gasteiger partial charge in [-0.3, -0.25) is 4.79 Å². The zero-order valence-electron chi connectivity index (χ0n) is 20.8. The molecule has 8 heteroatoms. The van der Waals surface area contributed by atoms with Gasteiger partial charge in [-0.2, -0.15) is 5.10 Å². The van der Waals surface area contributed by atoms with Crippen molar-refractivity contribution in [2.45, 2.75) is 33.6 Å². The number of carbonyl (C=O) groups is 2. The van der Waals surface area contributed by atoms with E-state index in [2.05, 4.69) is 36.0 Å². The van der Waals surface area contributed by atoms with E-state index >= 15 is 0 Å². The van der Waals surface area contributed by atoms with Crippen LogP contribution >= 0.6 is 0 Å². The van der Waals surface area contributed by atoms with E-state index in [0.29, 0.717) is 35.7 Å². The highest BCUT2D eigenvalue weighted by Crippen LogP contribution is 2.30. The molecule has 2 aromatic carbocycles. The highest BCUT2D eigenvalue weighted by atomic mass is 16.5. The summed E-state index contributed by atoms with van der Waals surface area (Å²) in [6.07, 6.45) is 1.57. The summed E-state index contributed by atoms with van der Waals surface area (Å²) in [5.41, 5.74) is 3.82. The van der Waals surface area contributed by atoms with Gasteiger partial charge in [0.25, 0.3) is 5.91 Å². The molecule has 0 radical (unpaired) electrons. The first-order valence-corrected chi connectivity index (χ1v) is 12.1. The quantitative estimate of drug-likeness (QED) is 0.424. The number of esters is 1. The van der Waals surface area contributed by atoms with Gasteiger partial charge in [-0.05, 0) is 75.2 Å². The molecule has 3 aromatic rings. The van der Waals surface area contributed by atoms with E-state index in [1.807, 2.05) is 24.3 Å². The number of methoxy groups -OCH3 is 1. The maximum atomic E-state index is 13.8. The van der Waals surface area contributed by atoms with Gasteiger partial charge in [0, 0.05) is 36.6 Å². The summed E-state index contributed by atoms with van der Waals surface area (Å²) >= 11 is 0. The van der Waals surface area contributed by atoms with Crippen molar-refractivity contribution in [3.8, 4) is 11.4 Å². The average molecular weight is 477 g/mol. The predicted molar refractivity (Wildman–Crippen MR) is 136 cm³/mol. The number of ether oxygens (including phenoxy) is 2. The molecule has 4 rings (SSSR count). The van der Waals surface area contributed by atoms with Crippen LogP contribution in [0, 0.1) is 0 Å². The van der Waals surface area contributed by atoms with Gasteiger partial charge in [0.2, 0.25) is 0 Å². The molecular formula is C27H32N4O4. The Morgan fingerprint density at radius 1 is 1.03 bits per heavy atom. The van der Waals surface area contributed by atoms with Gasteiger partial charge >= 0.3 is 5.97 Å². The van der Waals surface area contributed by atoms with Gasteiger partial charge in [0.1, 0.15) is 11.4 Å². The monoisotopic (exact) mass is 476 g/mol. The molecule has 8 nitrogen and oxygen atoms in total. The van der Waals surface area contributed by atoms with Gasteiger partial charge in [-0.15, -0.1) is 0 Å². The summed E-state index contributed by atoms with van der Waals surface area (Å²) in [5, 5.41) is 4.53. The van der Waals surface area contributed by atoms with E-state index in [1.54, 1.807) is 35.7 Å². The number of rotatable bonds is 9. The van der Waals surface area contributed by atoms with Crippen LogP contribution in [-0.2, 0) is 11.2 Å². The molecule has 0 bridgehead atoms. The van der Waals surface area contributed by atoms with Gasteiger partial charge in [0.15, 0.2) is 5.69 Å². The van der Waals surface area contributed by atoms with Crippen LogP contribution < -0.4 is 14.5 Å². The lowest BCUT2D eigenvalue weighted by Crippen LogP contribution is -2.39. The smallest absolute Gasteiger partial charge is 0.359 e. The minimum absolute atomic E-state index is 0.194. The lowest BCUT2D eigenvalue weighted by molar-refractivity contribution is 0.0517. The van der Waals surface area contributed by atoms with Crippen molar-refractivity contribution in [2.75, 3.05) is 43.2 Å². The summed E-state index contributed by atoms with van der Waals surface area (Å²) in [6, 6.07) is 15.3. The van der Waals surface area contributed by atoms with Gasteiger partial charge < -0.3 is 19.3 Å². The van der Waals surface area contributed by atoms with Crippen molar-refractivity contribution in [3.63, 3.8) is 0 Å². The molecule has 0 N–H and O–H groups in total. The largest absolute Gasteiger partial charge is 0.497 e. The third-order valence-corrected chi connectivity index (χ3v) is 6.20. The van der Waals surface area contributed by atoms with Crippen LogP contribution in [0.4, 0.5) is 11.4 Å². The van der Waals surface area contributed by atoms with E-state index in [0.717, 1.165) is 30.9 Å². The Hall–Kier alpha value is -3.81. The lowest BCUT2D eigenvalue weighted by atomic mass is 10.0. The van der Waals surface area contributed by atoms with Crippen LogP contribution in [0.5, 0.6) is 5.75 Å². The van der Waals surface area contributed by atoms with E-state index in [1.165, 1.54) is 0 Å². The second-order valence-corrected chi connectivity index (χ2v) is 8.31. The Bertz CT molecular complexity index is 1190. The topological polar surface area (TPSA) is 76.9 Å². The van der Waals surface area contributed by atoms with Crippen molar-refractivity contribution < 1.29 is 19.1 Å². The maximum Gasteiger partial charge on any atom is 0.359 e. The molecule has 0 aliphatic carbocycles. The van der Waals surface area contributed by atoms with Gasteiger partial charge in [0.05, 0.1) is 19.4 Å². The number of benzene rings is 2. The van der Waals surface area contributed by atoms with Crippen molar-refractivity contribution in [1.82, 2.24) is 9.78 Å². The van der Waals surface area contributed by atoms with Crippen LogP contribution in [0.15, 0.2) is 48.5 Å². The van der Waals surface area contributed by atoms with Crippen LogP contribution in [0.3, 0.4) is 0 Å². The molecule has 0 saturated carbocycles. The fourth-order valence-corrected chi connectivity index (χ4v) is 4.46. The second kappa shape index (κ2) is 10.6. The fourth-order valence-electron chi connectivity index (χ4n) is 4.46. The van der Waals surface area contributed by atoms with Crippen molar-refractivity contribution in [3.05, 3.63) is 65.5 Å². The Morgan fingerprint density at radius 2 is 1.71 bits per heavy atom. The number of amides is 1. The molecule has 35 heavy (non-hydrogen) atoms. The van der Waals surface area contributed by atoms with Gasteiger partial charge in [-0.1, -0.05) is 6.92 Å². The highest BCUT2D eigenvalue weighted by molar-refractivity contribution is 6.09. The van der Waals surface area contributed by atoms with Crippen LogP contribution in [0.2, 0.25) is 0 Å². The van der Waals surface area contributed by atoms with Crippen molar-refractivity contribution in [2.24, 2.45) is 0 Å². The molecule has 0 fully saturated rings. The molecule has 0 atom stereocenters. The SMILES string of the molecule is CCCN(CC)c1ccc(N2CCc3c(C(=O)OCC)nn(-c4ccc(OC)cc4)c3C2=O)cc1. The molecule has 1 aliphatic heterocycles. The third kappa shape index (κ3) is 4.73. The molecule has 1 amide bonds. The van der Waals surface area contributed by atoms with Crippen LogP contribution in [0.1, 0.15) is 53.7 Å². The molecular weight excluding hydrogens is 444 g/mol. The number of carbonyl (C=O) groups excluding carboxylic acids is 2. The number of anilines is 2. The average Bonchev–Trinajstić information content (AvgIpc) is 3.29. The maximum absolute atomic E-state index is 13.8. The van der Waals surface area contributed by atoms with E-state index in [-0.39, 0.29) is 18.2 Å². The lowest BCUT2D eigenvalue weighted by Gasteiger charge is -2.29. The fraction of sp³-hybridized carbons (Fsp3) is 0.370. The summed E-state index contributed by atoms with van der Waals surface area (Å²) in [4.78, 5) is 30.5. The van der Waals surface area contributed by atoms with Crippen LogP contribution in [-0.4, -0.2) is 55.0 Å². The summed E-state index contributed by atoms with van der Waals surface area (Å²) in [7, 11) is 1.60. The Morgan fingerprint density at radius 3 is 2.31 bits per heavy atom. The first-order chi connectivity index (χ1) is 17.0. The summed E-state index contributed by atoms with van der Waals surface area (Å²) in [6.45, 7) is 8.66. The van der Waals surface area contributed by atoms with E-state index in [4.69, 9.17) is 9.47 Å². The molecule has 1 aromatic heterocycles. The standard InChI is InChI=1S/C27H32N4O4/c1-5-17-29(6-2)19-8-10-20(11-9-19)30-18-16-23-24(27(33)35-7-3)28-31(25(23)26(30)32)21-12-14-22(34-4)15-13-21/h8-15H,5-7,16-18H2,1-4H3. The molecule has 184 valence electrons. The molecule has 1 aliphatic rings. The number of fused-ring (bicyclic) bond motifs is 1. The Kier molecular flexibility index (Phi) is 7.39.